The number of rotatable bonds is 4. The van der Waals surface area contributed by atoms with Gasteiger partial charge in [0, 0.05) is 10.6 Å². The summed E-state index contributed by atoms with van der Waals surface area (Å²) in [5.41, 5.74) is 1.33. The summed E-state index contributed by atoms with van der Waals surface area (Å²) in [7, 11) is 0. The van der Waals surface area contributed by atoms with Crippen LogP contribution >= 0.6 is 11.6 Å². The highest BCUT2D eigenvalue weighted by Gasteiger charge is 2.14. The molecule has 0 radical (unpaired) electrons. The number of amides is 2. The van der Waals surface area contributed by atoms with E-state index in [1.807, 2.05) is 6.07 Å². The Morgan fingerprint density at radius 1 is 0.833 bits per heavy atom. The first-order chi connectivity index (χ1) is 11.6. The molecular formula is C18H13ClN2O3. The Balaban J connectivity index is 1.83. The summed E-state index contributed by atoms with van der Waals surface area (Å²) in [5.74, 6) is -0.556. The molecule has 0 aliphatic heterocycles. The molecule has 3 rings (SSSR count). The summed E-state index contributed by atoms with van der Waals surface area (Å²) in [6, 6.07) is 16.8. The highest BCUT2D eigenvalue weighted by atomic mass is 35.5. The first-order valence-electron chi connectivity index (χ1n) is 7.14. The molecule has 0 atom stereocenters. The summed E-state index contributed by atoms with van der Waals surface area (Å²) in [6.07, 6.45) is 1.41. The van der Waals surface area contributed by atoms with E-state index >= 15 is 0 Å². The minimum atomic E-state index is -0.433. The van der Waals surface area contributed by atoms with Gasteiger partial charge in [-0.2, -0.15) is 0 Å². The van der Waals surface area contributed by atoms with Crippen LogP contribution in [0.2, 0.25) is 5.02 Å². The maximum atomic E-state index is 12.3. The van der Waals surface area contributed by atoms with Crippen LogP contribution in [0.4, 0.5) is 11.4 Å². The molecule has 0 unspecified atom stereocenters. The Bertz CT molecular complexity index is 861. The molecule has 24 heavy (non-hydrogen) atoms. The van der Waals surface area contributed by atoms with E-state index in [0.29, 0.717) is 22.0 Å². The van der Waals surface area contributed by atoms with Crippen molar-refractivity contribution in [1.82, 2.24) is 0 Å². The van der Waals surface area contributed by atoms with Crippen LogP contribution in [-0.4, -0.2) is 11.8 Å². The van der Waals surface area contributed by atoms with Crippen molar-refractivity contribution < 1.29 is 14.0 Å². The zero-order chi connectivity index (χ0) is 16.9. The first kappa shape index (κ1) is 15.8. The van der Waals surface area contributed by atoms with Crippen molar-refractivity contribution in [3.05, 3.63) is 83.3 Å². The smallest absolute Gasteiger partial charge is 0.291 e. The Labute approximate surface area is 143 Å². The standard InChI is InChI=1S/C18H13ClN2O3/c19-13-8-9-14(20-17(22)12-5-2-1-3-6-12)15(11-13)21-18(23)16-7-4-10-24-16/h1-11H,(H,20,22)(H,21,23). The first-order valence-corrected chi connectivity index (χ1v) is 7.52. The molecule has 2 N–H and O–H groups in total. The van der Waals surface area contributed by atoms with Crippen molar-refractivity contribution in [2.45, 2.75) is 0 Å². The van der Waals surface area contributed by atoms with Crippen LogP contribution in [0.1, 0.15) is 20.9 Å². The van der Waals surface area contributed by atoms with Crippen LogP contribution in [0.15, 0.2) is 71.3 Å². The van der Waals surface area contributed by atoms with Gasteiger partial charge in [0.25, 0.3) is 11.8 Å². The third-order valence-corrected chi connectivity index (χ3v) is 3.49. The van der Waals surface area contributed by atoms with Gasteiger partial charge in [-0.05, 0) is 42.5 Å². The van der Waals surface area contributed by atoms with Crippen molar-refractivity contribution in [2.75, 3.05) is 10.6 Å². The number of hydrogen-bond acceptors (Lipinski definition) is 3. The second-order valence-electron chi connectivity index (χ2n) is 4.94. The Kier molecular flexibility index (Phi) is 4.63. The fourth-order valence-electron chi connectivity index (χ4n) is 2.10. The molecule has 0 aliphatic rings. The summed E-state index contributed by atoms with van der Waals surface area (Å²) >= 11 is 5.99. The second kappa shape index (κ2) is 7.02. The van der Waals surface area contributed by atoms with Gasteiger partial charge in [-0.15, -0.1) is 0 Å². The maximum absolute atomic E-state index is 12.3. The van der Waals surface area contributed by atoms with E-state index < -0.39 is 5.91 Å². The molecule has 0 aliphatic carbocycles. The molecule has 0 spiro atoms. The monoisotopic (exact) mass is 340 g/mol. The number of furan rings is 1. The van der Waals surface area contributed by atoms with E-state index in [-0.39, 0.29) is 11.7 Å². The number of halogens is 1. The lowest BCUT2D eigenvalue weighted by Crippen LogP contribution is -2.16. The largest absolute Gasteiger partial charge is 0.459 e. The van der Waals surface area contributed by atoms with Gasteiger partial charge < -0.3 is 15.1 Å². The molecule has 3 aromatic rings. The quantitative estimate of drug-likeness (QED) is 0.737. The fraction of sp³-hybridized carbons (Fsp3) is 0. The van der Waals surface area contributed by atoms with E-state index in [1.165, 1.54) is 6.26 Å². The predicted molar refractivity (Wildman–Crippen MR) is 92.5 cm³/mol. The topological polar surface area (TPSA) is 71.3 Å². The molecule has 1 heterocycles. The van der Waals surface area contributed by atoms with Gasteiger partial charge in [-0.1, -0.05) is 29.8 Å². The number of anilines is 2. The third-order valence-electron chi connectivity index (χ3n) is 3.26. The second-order valence-corrected chi connectivity index (χ2v) is 5.38. The summed E-state index contributed by atoms with van der Waals surface area (Å²) in [4.78, 5) is 24.4. The number of carbonyl (C=O) groups excluding carboxylic acids is 2. The normalized spacial score (nSPS) is 10.2. The molecular weight excluding hydrogens is 328 g/mol. The minimum absolute atomic E-state index is 0.162. The lowest BCUT2D eigenvalue weighted by Gasteiger charge is -2.12. The van der Waals surface area contributed by atoms with Crippen molar-refractivity contribution >= 4 is 34.8 Å². The van der Waals surface area contributed by atoms with Gasteiger partial charge in [0.2, 0.25) is 0 Å². The molecule has 2 amide bonds. The molecule has 6 heteroatoms. The Hall–Kier alpha value is -3.05. The van der Waals surface area contributed by atoms with E-state index in [9.17, 15) is 9.59 Å². The molecule has 0 saturated heterocycles. The van der Waals surface area contributed by atoms with Crippen molar-refractivity contribution in [3.8, 4) is 0 Å². The van der Waals surface area contributed by atoms with Gasteiger partial charge in [0.15, 0.2) is 5.76 Å². The maximum Gasteiger partial charge on any atom is 0.291 e. The zero-order valence-electron chi connectivity index (χ0n) is 12.5. The average molecular weight is 341 g/mol. The third kappa shape index (κ3) is 3.64. The molecule has 0 bridgehead atoms. The molecule has 2 aromatic carbocycles. The molecule has 120 valence electrons. The lowest BCUT2D eigenvalue weighted by molar-refractivity contribution is 0.0993. The summed E-state index contributed by atoms with van der Waals surface area (Å²) in [6.45, 7) is 0. The lowest BCUT2D eigenvalue weighted by atomic mass is 10.2. The van der Waals surface area contributed by atoms with Gasteiger partial charge in [0.05, 0.1) is 17.6 Å². The van der Waals surface area contributed by atoms with E-state index in [4.69, 9.17) is 16.0 Å². The summed E-state index contributed by atoms with van der Waals surface area (Å²) < 4.78 is 5.06. The molecule has 0 fully saturated rings. The fourth-order valence-corrected chi connectivity index (χ4v) is 2.28. The minimum Gasteiger partial charge on any atom is -0.459 e. The van der Waals surface area contributed by atoms with Crippen LogP contribution in [0.25, 0.3) is 0 Å². The van der Waals surface area contributed by atoms with Crippen LogP contribution < -0.4 is 10.6 Å². The number of benzene rings is 2. The Morgan fingerprint density at radius 3 is 2.29 bits per heavy atom. The van der Waals surface area contributed by atoms with E-state index in [2.05, 4.69) is 10.6 Å². The molecule has 1 aromatic heterocycles. The predicted octanol–water partition coefficient (Wildman–Crippen LogP) is 4.44. The van der Waals surface area contributed by atoms with Crippen LogP contribution in [0.5, 0.6) is 0 Å². The van der Waals surface area contributed by atoms with Crippen LogP contribution in [0, 0.1) is 0 Å². The molecule has 5 nitrogen and oxygen atoms in total. The Morgan fingerprint density at radius 2 is 1.58 bits per heavy atom. The van der Waals surface area contributed by atoms with Crippen LogP contribution in [0.3, 0.4) is 0 Å². The van der Waals surface area contributed by atoms with Crippen molar-refractivity contribution in [2.24, 2.45) is 0 Å². The van der Waals surface area contributed by atoms with Gasteiger partial charge >= 0.3 is 0 Å². The van der Waals surface area contributed by atoms with Gasteiger partial charge in [0.1, 0.15) is 0 Å². The number of hydrogen-bond donors (Lipinski definition) is 2. The zero-order valence-corrected chi connectivity index (χ0v) is 13.2. The van der Waals surface area contributed by atoms with Gasteiger partial charge in [-0.25, -0.2) is 0 Å². The highest BCUT2D eigenvalue weighted by Crippen LogP contribution is 2.27. The van der Waals surface area contributed by atoms with E-state index in [1.54, 1.807) is 54.6 Å². The average Bonchev–Trinajstić information content (AvgIpc) is 3.13. The van der Waals surface area contributed by atoms with Crippen molar-refractivity contribution in [3.63, 3.8) is 0 Å². The van der Waals surface area contributed by atoms with Crippen LogP contribution in [-0.2, 0) is 0 Å². The SMILES string of the molecule is O=C(Nc1ccc(Cl)cc1NC(=O)c1ccco1)c1ccccc1. The number of carbonyl (C=O) groups is 2. The van der Waals surface area contributed by atoms with Crippen molar-refractivity contribution in [1.29, 1.82) is 0 Å². The summed E-state index contributed by atoms with van der Waals surface area (Å²) in [5, 5.41) is 5.87. The van der Waals surface area contributed by atoms with E-state index in [0.717, 1.165) is 0 Å². The highest BCUT2D eigenvalue weighted by molar-refractivity contribution is 6.31. The molecule has 0 saturated carbocycles. The number of nitrogens with one attached hydrogen (secondary N) is 2. The van der Waals surface area contributed by atoms with Gasteiger partial charge in [-0.3, -0.25) is 9.59 Å².